The zero-order valence-corrected chi connectivity index (χ0v) is 7.90. The van der Waals surface area contributed by atoms with Crippen molar-refractivity contribution in [3.63, 3.8) is 0 Å². The minimum absolute atomic E-state index is 0.250. The third kappa shape index (κ3) is 4.00. The first kappa shape index (κ1) is 11.3. The minimum Gasteiger partial charge on any atom is -0.397 e. The number of rotatable bonds is 1. The quantitative estimate of drug-likeness (QED) is 0.487. The number of nitrogens with two attached hydrogens (primary N) is 2. The Hall–Kier alpha value is -1.71. The Morgan fingerprint density at radius 1 is 1.31 bits per heavy atom. The highest BCUT2D eigenvalue weighted by Crippen LogP contribution is 2.18. The molecule has 0 radical (unpaired) electrons. The van der Waals surface area contributed by atoms with Crippen molar-refractivity contribution in [1.82, 2.24) is 0 Å². The minimum atomic E-state index is 0.250. The number of hydrogen-bond donors (Lipinski definition) is 2. The smallest absolute Gasteiger partial charge is 0.204 e. The van der Waals surface area contributed by atoms with Gasteiger partial charge in [-0.05, 0) is 12.1 Å². The number of nitrogens with zero attached hydrogens (tertiary/aromatic N) is 1. The molecule has 0 aromatic heterocycles. The lowest BCUT2D eigenvalue weighted by Gasteiger charge is -2.13. The van der Waals surface area contributed by atoms with Gasteiger partial charge >= 0.3 is 0 Å². The van der Waals surface area contributed by atoms with E-state index in [1.807, 2.05) is 43.3 Å². The maximum atomic E-state index is 8.58. The lowest BCUT2D eigenvalue weighted by Crippen LogP contribution is -2.10. The van der Waals surface area contributed by atoms with Gasteiger partial charge in [-0.15, -0.1) is 0 Å². The molecule has 4 heteroatoms. The Labute approximate surface area is 78.1 Å². The summed E-state index contributed by atoms with van der Waals surface area (Å²) in [5, 5.41) is 0. The number of carbonyl (C=O) groups is 1. The highest BCUT2D eigenvalue weighted by Gasteiger charge is 1.96. The van der Waals surface area contributed by atoms with Gasteiger partial charge in [0.2, 0.25) is 6.41 Å². The number of benzene rings is 1. The third-order valence-corrected chi connectivity index (χ3v) is 1.42. The van der Waals surface area contributed by atoms with Gasteiger partial charge in [0.1, 0.15) is 0 Å². The molecule has 0 aliphatic rings. The first-order valence-electron chi connectivity index (χ1n) is 3.80. The lowest BCUT2D eigenvalue weighted by molar-refractivity contribution is -0.106. The van der Waals surface area contributed by atoms with Crippen molar-refractivity contribution in [3.05, 3.63) is 24.3 Å². The van der Waals surface area contributed by atoms with Gasteiger partial charge in [-0.25, -0.2) is 0 Å². The Morgan fingerprint density at radius 2 is 1.77 bits per heavy atom. The number of para-hydroxylation sites is 2. The molecule has 0 saturated heterocycles. The summed E-state index contributed by atoms with van der Waals surface area (Å²) in [6.07, 6.45) is 0.250. The van der Waals surface area contributed by atoms with Crippen LogP contribution in [0.15, 0.2) is 24.3 Å². The molecule has 0 unspecified atom stereocenters. The van der Waals surface area contributed by atoms with E-state index in [1.54, 1.807) is 0 Å². The summed E-state index contributed by atoms with van der Waals surface area (Å²) in [6, 6.07) is 7.80. The van der Waals surface area contributed by atoms with E-state index in [1.165, 1.54) is 0 Å². The molecule has 0 bridgehead atoms. The molecule has 1 rings (SSSR count). The molecule has 0 fully saturated rings. The summed E-state index contributed by atoms with van der Waals surface area (Å²) in [4.78, 5) is 10.6. The fourth-order valence-corrected chi connectivity index (χ4v) is 0.895. The second kappa shape index (κ2) is 5.88. The van der Waals surface area contributed by atoms with Crippen LogP contribution in [0.25, 0.3) is 0 Å². The van der Waals surface area contributed by atoms with Crippen LogP contribution in [0.1, 0.15) is 0 Å². The molecule has 0 spiro atoms. The van der Waals surface area contributed by atoms with Crippen LogP contribution in [-0.2, 0) is 4.79 Å². The molecule has 0 aliphatic carbocycles. The molecular weight excluding hydrogens is 166 g/mol. The number of primary amides is 1. The van der Waals surface area contributed by atoms with E-state index >= 15 is 0 Å². The summed E-state index contributed by atoms with van der Waals surface area (Å²) in [5.41, 5.74) is 11.7. The van der Waals surface area contributed by atoms with Crippen molar-refractivity contribution >= 4 is 17.8 Å². The molecule has 0 heterocycles. The van der Waals surface area contributed by atoms with Crippen molar-refractivity contribution in [2.75, 3.05) is 24.7 Å². The van der Waals surface area contributed by atoms with Crippen LogP contribution < -0.4 is 16.4 Å². The molecule has 4 N–H and O–H groups in total. The molecule has 4 nitrogen and oxygen atoms in total. The second-order valence-electron chi connectivity index (χ2n) is 2.59. The number of nitrogen functional groups attached to an aromatic ring is 1. The van der Waals surface area contributed by atoms with Gasteiger partial charge < -0.3 is 16.4 Å². The third-order valence-electron chi connectivity index (χ3n) is 1.42. The monoisotopic (exact) mass is 181 g/mol. The van der Waals surface area contributed by atoms with Crippen molar-refractivity contribution in [1.29, 1.82) is 0 Å². The Bertz CT molecular complexity index is 261. The fraction of sp³-hybridized carbons (Fsp3) is 0.222. The van der Waals surface area contributed by atoms with E-state index < -0.39 is 0 Å². The van der Waals surface area contributed by atoms with Crippen molar-refractivity contribution < 1.29 is 4.79 Å². The zero-order chi connectivity index (χ0) is 10.3. The summed E-state index contributed by atoms with van der Waals surface area (Å²) in [7, 11) is 3.96. The fourth-order valence-electron chi connectivity index (χ4n) is 0.895. The van der Waals surface area contributed by atoms with Crippen LogP contribution in [0, 0.1) is 0 Å². The first-order valence-corrected chi connectivity index (χ1v) is 3.80. The van der Waals surface area contributed by atoms with Crippen LogP contribution in [0.4, 0.5) is 11.4 Å². The van der Waals surface area contributed by atoms with Gasteiger partial charge in [0.05, 0.1) is 11.4 Å². The van der Waals surface area contributed by atoms with Gasteiger partial charge in [0.25, 0.3) is 0 Å². The summed E-state index contributed by atoms with van der Waals surface area (Å²) in [5.74, 6) is 0. The lowest BCUT2D eigenvalue weighted by atomic mass is 10.2. The number of carbonyl (C=O) groups excluding carboxylic acids is 1. The highest BCUT2D eigenvalue weighted by atomic mass is 16.1. The SMILES string of the molecule is CN(C)c1ccccc1N.NC=O. The second-order valence-corrected chi connectivity index (χ2v) is 2.59. The molecule has 1 amide bonds. The Balaban J connectivity index is 0.000000424. The molecule has 72 valence electrons. The average Bonchev–Trinajstić information content (AvgIpc) is 2.06. The molecule has 13 heavy (non-hydrogen) atoms. The van der Waals surface area contributed by atoms with E-state index in [0.29, 0.717) is 0 Å². The summed E-state index contributed by atoms with van der Waals surface area (Å²) >= 11 is 0. The Morgan fingerprint density at radius 3 is 2.08 bits per heavy atom. The van der Waals surface area contributed by atoms with Crippen LogP contribution in [-0.4, -0.2) is 20.5 Å². The predicted octanol–water partition coefficient (Wildman–Crippen LogP) is 0.436. The zero-order valence-electron chi connectivity index (χ0n) is 7.90. The van der Waals surface area contributed by atoms with Crippen molar-refractivity contribution in [3.8, 4) is 0 Å². The largest absolute Gasteiger partial charge is 0.397 e. The van der Waals surface area contributed by atoms with Crippen molar-refractivity contribution in [2.24, 2.45) is 5.73 Å². The van der Waals surface area contributed by atoms with Gasteiger partial charge in [-0.2, -0.15) is 0 Å². The summed E-state index contributed by atoms with van der Waals surface area (Å²) in [6.45, 7) is 0. The summed E-state index contributed by atoms with van der Waals surface area (Å²) < 4.78 is 0. The van der Waals surface area contributed by atoms with Crippen LogP contribution >= 0.6 is 0 Å². The van der Waals surface area contributed by atoms with Crippen molar-refractivity contribution in [2.45, 2.75) is 0 Å². The predicted molar refractivity (Wildman–Crippen MR) is 55.4 cm³/mol. The molecule has 1 aromatic carbocycles. The average molecular weight is 181 g/mol. The van der Waals surface area contributed by atoms with Crippen LogP contribution in [0.3, 0.4) is 0 Å². The standard InChI is InChI=1S/C8H12N2.CH3NO/c1-10(2)8-6-4-3-5-7(8)9;2-1-3/h3-6H,9H2,1-2H3;1H,(H2,2,3). The van der Waals surface area contributed by atoms with Crippen LogP contribution in [0.2, 0.25) is 0 Å². The van der Waals surface area contributed by atoms with Gasteiger partial charge in [-0.1, -0.05) is 12.1 Å². The van der Waals surface area contributed by atoms with Gasteiger partial charge in [0.15, 0.2) is 0 Å². The number of hydrogen-bond acceptors (Lipinski definition) is 3. The first-order chi connectivity index (χ1) is 6.13. The molecular formula is C9H15N3O. The molecule has 0 saturated carbocycles. The van der Waals surface area contributed by atoms with Gasteiger partial charge in [-0.3, -0.25) is 4.79 Å². The number of anilines is 2. The molecule has 1 aromatic rings. The van der Waals surface area contributed by atoms with E-state index in [2.05, 4.69) is 5.73 Å². The Kier molecular flexibility index (Phi) is 5.11. The number of amides is 1. The normalized spacial score (nSPS) is 8.15. The van der Waals surface area contributed by atoms with Gasteiger partial charge in [0, 0.05) is 14.1 Å². The molecule has 0 aliphatic heterocycles. The maximum absolute atomic E-state index is 8.58. The highest BCUT2D eigenvalue weighted by molar-refractivity contribution is 5.66. The van der Waals surface area contributed by atoms with Crippen LogP contribution in [0.5, 0.6) is 0 Å². The maximum Gasteiger partial charge on any atom is 0.204 e. The van der Waals surface area contributed by atoms with E-state index in [-0.39, 0.29) is 6.41 Å². The molecule has 0 atom stereocenters. The van der Waals surface area contributed by atoms with E-state index in [4.69, 9.17) is 10.5 Å². The van der Waals surface area contributed by atoms with E-state index in [9.17, 15) is 0 Å². The van der Waals surface area contributed by atoms with E-state index in [0.717, 1.165) is 11.4 Å². The topological polar surface area (TPSA) is 72.3 Å².